The molecule has 0 radical (unpaired) electrons. The first-order chi connectivity index (χ1) is 8.11. The first-order valence-electron chi connectivity index (χ1n) is 6.07. The monoisotopic (exact) mass is 292 g/mol. The molecule has 1 heterocycles. The predicted octanol–water partition coefficient (Wildman–Crippen LogP) is 3.87. The maximum atomic E-state index is 8.99. The second-order valence-corrected chi connectivity index (χ2v) is 5.75. The summed E-state index contributed by atoms with van der Waals surface area (Å²) >= 11 is 3.47. The van der Waals surface area contributed by atoms with Gasteiger partial charge in [0.05, 0.1) is 5.56 Å². The van der Waals surface area contributed by atoms with E-state index in [1.165, 1.54) is 24.1 Å². The number of nitrogens with zero attached hydrogens (tertiary/aromatic N) is 2. The number of anilines is 1. The van der Waals surface area contributed by atoms with E-state index in [1.807, 2.05) is 6.07 Å². The summed E-state index contributed by atoms with van der Waals surface area (Å²) in [5.41, 5.74) is 3.18. The third kappa shape index (κ3) is 2.63. The number of hydrogen-bond acceptors (Lipinski definition) is 2. The largest absolute Gasteiger partial charge is 0.371 e. The molecule has 1 aliphatic heterocycles. The zero-order chi connectivity index (χ0) is 12.4. The molecular formula is C14H17BrN2. The predicted molar refractivity (Wildman–Crippen MR) is 74.2 cm³/mol. The molecule has 17 heavy (non-hydrogen) atoms. The Morgan fingerprint density at radius 1 is 1.35 bits per heavy atom. The molecule has 90 valence electrons. The van der Waals surface area contributed by atoms with Crippen LogP contribution in [-0.2, 0) is 0 Å². The molecule has 1 fully saturated rings. The Kier molecular flexibility index (Phi) is 3.73. The molecule has 2 nitrogen and oxygen atoms in total. The van der Waals surface area contributed by atoms with Crippen LogP contribution in [0, 0.1) is 24.2 Å². The van der Waals surface area contributed by atoms with E-state index in [0.29, 0.717) is 0 Å². The van der Waals surface area contributed by atoms with Crippen LogP contribution in [0.25, 0.3) is 0 Å². The van der Waals surface area contributed by atoms with Crippen molar-refractivity contribution in [3.8, 4) is 6.07 Å². The van der Waals surface area contributed by atoms with Crippen molar-refractivity contribution in [3.63, 3.8) is 0 Å². The number of aryl methyl sites for hydroxylation is 1. The third-order valence-corrected chi connectivity index (χ3v) is 4.19. The highest BCUT2D eigenvalue weighted by Gasteiger charge is 2.18. The molecular weight excluding hydrogens is 276 g/mol. The molecule has 0 aliphatic carbocycles. The average Bonchev–Trinajstić information content (AvgIpc) is 2.33. The van der Waals surface area contributed by atoms with Crippen molar-refractivity contribution in [2.45, 2.75) is 26.7 Å². The van der Waals surface area contributed by atoms with Gasteiger partial charge in [-0.05, 0) is 59.3 Å². The van der Waals surface area contributed by atoms with Gasteiger partial charge in [0.2, 0.25) is 0 Å². The summed E-state index contributed by atoms with van der Waals surface area (Å²) in [6.45, 7) is 6.65. The summed E-state index contributed by atoms with van der Waals surface area (Å²) in [4.78, 5) is 2.43. The van der Waals surface area contributed by atoms with Gasteiger partial charge in [-0.2, -0.15) is 5.26 Å². The van der Waals surface area contributed by atoms with E-state index in [0.717, 1.165) is 29.0 Å². The van der Waals surface area contributed by atoms with E-state index in [9.17, 15) is 0 Å². The Morgan fingerprint density at radius 3 is 2.59 bits per heavy atom. The fourth-order valence-corrected chi connectivity index (χ4v) is 2.77. The molecule has 0 N–H and O–H groups in total. The Balaban J connectivity index is 2.27. The van der Waals surface area contributed by atoms with Crippen LogP contribution in [-0.4, -0.2) is 13.1 Å². The summed E-state index contributed by atoms with van der Waals surface area (Å²) in [6, 6.07) is 6.26. The maximum absolute atomic E-state index is 8.99. The second-order valence-electron chi connectivity index (χ2n) is 4.90. The number of nitriles is 1. The molecule has 1 aliphatic rings. The van der Waals surface area contributed by atoms with Crippen molar-refractivity contribution in [1.29, 1.82) is 5.26 Å². The zero-order valence-electron chi connectivity index (χ0n) is 10.3. The van der Waals surface area contributed by atoms with Crippen LogP contribution < -0.4 is 4.90 Å². The lowest BCUT2D eigenvalue weighted by atomic mass is 9.98. The Morgan fingerprint density at radius 2 is 2.00 bits per heavy atom. The van der Waals surface area contributed by atoms with Gasteiger partial charge in [-0.25, -0.2) is 0 Å². The Bertz CT molecular complexity index is 454. The Labute approximate surface area is 111 Å². The van der Waals surface area contributed by atoms with Gasteiger partial charge in [0.25, 0.3) is 0 Å². The maximum Gasteiger partial charge on any atom is 0.100 e. The first-order valence-corrected chi connectivity index (χ1v) is 6.86. The number of benzene rings is 1. The summed E-state index contributed by atoms with van der Waals surface area (Å²) in [7, 11) is 0. The van der Waals surface area contributed by atoms with Crippen LogP contribution in [0.5, 0.6) is 0 Å². The minimum absolute atomic E-state index is 0.719. The first kappa shape index (κ1) is 12.4. The zero-order valence-corrected chi connectivity index (χ0v) is 11.9. The molecule has 0 aromatic heterocycles. The van der Waals surface area contributed by atoms with E-state index >= 15 is 0 Å². The highest BCUT2D eigenvalue weighted by Crippen LogP contribution is 2.30. The summed E-state index contributed by atoms with van der Waals surface area (Å²) in [5.74, 6) is 0.841. The highest BCUT2D eigenvalue weighted by molar-refractivity contribution is 9.10. The minimum Gasteiger partial charge on any atom is -0.371 e. The fourth-order valence-electron chi connectivity index (χ4n) is 2.35. The third-order valence-electron chi connectivity index (χ3n) is 3.53. The number of piperidine rings is 1. The van der Waals surface area contributed by atoms with Crippen molar-refractivity contribution in [2.75, 3.05) is 18.0 Å². The van der Waals surface area contributed by atoms with Crippen molar-refractivity contribution < 1.29 is 0 Å². The van der Waals surface area contributed by atoms with E-state index in [1.54, 1.807) is 0 Å². The summed E-state index contributed by atoms with van der Waals surface area (Å²) in [6.07, 6.45) is 2.52. The van der Waals surface area contributed by atoms with Crippen molar-refractivity contribution in [1.82, 2.24) is 0 Å². The van der Waals surface area contributed by atoms with Crippen LogP contribution in [0.15, 0.2) is 16.6 Å². The van der Waals surface area contributed by atoms with E-state index in [2.05, 4.69) is 46.8 Å². The van der Waals surface area contributed by atoms with Crippen LogP contribution in [0.2, 0.25) is 0 Å². The van der Waals surface area contributed by atoms with Crippen molar-refractivity contribution in [3.05, 3.63) is 27.7 Å². The lowest BCUT2D eigenvalue weighted by Crippen LogP contribution is -2.33. The molecule has 0 bridgehead atoms. The fraction of sp³-hybridized carbons (Fsp3) is 0.500. The van der Waals surface area contributed by atoms with Gasteiger partial charge in [0.1, 0.15) is 6.07 Å². The summed E-state index contributed by atoms with van der Waals surface area (Å²) in [5, 5.41) is 8.99. The number of halogens is 1. The van der Waals surface area contributed by atoms with Gasteiger partial charge in [-0.1, -0.05) is 6.92 Å². The quantitative estimate of drug-likeness (QED) is 0.786. The van der Waals surface area contributed by atoms with Crippen molar-refractivity contribution in [2.24, 2.45) is 5.92 Å². The van der Waals surface area contributed by atoms with E-state index in [-0.39, 0.29) is 0 Å². The average molecular weight is 293 g/mol. The van der Waals surface area contributed by atoms with Crippen LogP contribution >= 0.6 is 15.9 Å². The van der Waals surface area contributed by atoms with Crippen LogP contribution in [0.4, 0.5) is 5.69 Å². The van der Waals surface area contributed by atoms with Gasteiger partial charge in [0.15, 0.2) is 0 Å². The molecule has 0 unspecified atom stereocenters. The van der Waals surface area contributed by atoms with Gasteiger partial charge in [-0.15, -0.1) is 0 Å². The lowest BCUT2D eigenvalue weighted by Gasteiger charge is -2.33. The van der Waals surface area contributed by atoms with Crippen LogP contribution in [0.3, 0.4) is 0 Å². The van der Waals surface area contributed by atoms with E-state index in [4.69, 9.17) is 5.26 Å². The molecule has 1 saturated heterocycles. The molecule has 1 aromatic rings. The molecule has 0 atom stereocenters. The van der Waals surface area contributed by atoms with Gasteiger partial charge >= 0.3 is 0 Å². The topological polar surface area (TPSA) is 27.0 Å². The molecule has 0 saturated carbocycles. The van der Waals surface area contributed by atoms with Gasteiger partial charge < -0.3 is 4.90 Å². The lowest BCUT2D eigenvalue weighted by molar-refractivity contribution is 0.438. The molecule has 3 heteroatoms. The van der Waals surface area contributed by atoms with Crippen molar-refractivity contribution >= 4 is 21.6 Å². The Hall–Kier alpha value is -1.01. The minimum atomic E-state index is 0.719. The number of rotatable bonds is 1. The number of hydrogen-bond donors (Lipinski definition) is 0. The van der Waals surface area contributed by atoms with Crippen LogP contribution in [0.1, 0.15) is 30.9 Å². The molecule has 1 aromatic carbocycles. The normalized spacial score (nSPS) is 16.9. The highest BCUT2D eigenvalue weighted by atomic mass is 79.9. The molecule has 2 rings (SSSR count). The SMILES string of the molecule is Cc1cc(C#N)c(Br)cc1N1CCC(C)CC1. The smallest absolute Gasteiger partial charge is 0.100 e. The van der Waals surface area contributed by atoms with Gasteiger partial charge in [-0.3, -0.25) is 0 Å². The second kappa shape index (κ2) is 5.10. The standard InChI is InChI=1S/C14H17BrN2/c1-10-3-5-17(6-4-10)14-8-13(15)12(9-16)7-11(14)2/h7-8,10H,3-6H2,1-2H3. The molecule has 0 amide bonds. The van der Waals surface area contributed by atoms with Gasteiger partial charge in [0, 0.05) is 23.2 Å². The van der Waals surface area contributed by atoms with E-state index < -0.39 is 0 Å². The summed E-state index contributed by atoms with van der Waals surface area (Å²) < 4.78 is 0.902. The molecule has 0 spiro atoms.